The van der Waals surface area contributed by atoms with E-state index in [4.69, 9.17) is 5.26 Å². The van der Waals surface area contributed by atoms with Crippen molar-refractivity contribution in [2.75, 3.05) is 25.0 Å². The van der Waals surface area contributed by atoms with Crippen LogP contribution in [0.5, 0.6) is 0 Å². The number of nitrogens with zero attached hydrogens (tertiary/aromatic N) is 2. The lowest BCUT2D eigenvalue weighted by molar-refractivity contribution is 0.102. The van der Waals surface area contributed by atoms with Crippen LogP contribution in [-0.2, 0) is 0 Å². The van der Waals surface area contributed by atoms with Crippen molar-refractivity contribution in [3.8, 4) is 6.07 Å². The molecule has 1 amide bonds. The molecule has 4 rings (SSSR count). The summed E-state index contributed by atoms with van der Waals surface area (Å²) in [6.45, 7) is 5.84. The van der Waals surface area contributed by atoms with E-state index in [0.29, 0.717) is 17.0 Å². The maximum atomic E-state index is 12.7. The van der Waals surface area contributed by atoms with Crippen LogP contribution in [0.1, 0.15) is 66.4 Å². The molecule has 1 aliphatic heterocycles. The highest BCUT2D eigenvalue weighted by Crippen LogP contribution is 2.38. The van der Waals surface area contributed by atoms with Gasteiger partial charge in [0.2, 0.25) is 0 Å². The molecule has 0 unspecified atom stereocenters. The third kappa shape index (κ3) is 5.15. The molecular weight excluding hydrogens is 402 g/mol. The first-order valence-corrected chi connectivity index (χ1v) is 12.1. The van der Waals surface area contributed by atoms with Gasteiger partial charge in [0.25, 0.3) is 5.91 Å². The van der Waals surface area contributed by atoms with Crippen LogP contribution in [0.25, 0.3) is 10.1 Å². The van der Waals surface area contributed by atoms with Gasteiger partial charge in [-0.05, 0) is 97.5 Å². The van der Waals surface area contributed by atoms with Gasteiger partial charge in [0.1, 0.15) is 0 Å². The largest absolute Gasteiger partial charge is 0.322 e. The SMILES string of the molecule is CCCCCN1CCC(c2csc3ccc(NC(=O)c4cccc(C#N)c4)cc23)CC1. The predicted molar refractivity (Wildman–Crippen MR) is 129 cm³/mol. The fraction of sp³-hybridized carbons (Fsp3) is 0.385. The minimum absolute atomic E-state index is 0.186. The number of piperidine rings is 1. The van der Waals surface area contributed by atoms with E-state index in [1.807, 2.05) is 6.07 Å². The maximum Gasteiger partial charge on any atom is 0.255 e. The predicted octanol–water partition coefficient (Wildman–Crippen LogP) is 6.39. The van der Waals surface area contributed by atoms with E-state index in [0.717, 1.165) is 5.69 Å². The van der Waals surface area contributed by atoms with E-state index in [-0.39, 0.29) is 5.91 Å². The minimum atomic E-state index is -0.186. The highest BCUT2D eigenvalue weighted by atomic mass is 32.1. The average Bonchev–Trinajstić information content (AvgIpc) is 3.23. The van der Waals surface area contributed by atoms with Crippen LogP contribution in [0.15, 0.2) is 47.8 Å². The third-order valence-corrected chi connectivity index (χ3v) is 7.20. The van der Waals surface area contributed by atoms with Crippen LogP contribution in [0.2, 0.25) is 0 Å². The number of hydrogen-bond acceptors (Lipinski definition) is 4. The summed E-state index contributed by atoms with van der Waals surface area (Å²) in [6.07, 6.45) is 6.32. The Bertz CT molecular complexity index is 1090. The average molecular weight is 432 g/mol. The van der Waals surface area contributed by atoms with Gasteiger partial charge in [0, 0.05) is 16.0 Å². The molecule has 5 heteroatoms. The van der Waals surface area contributed by atoms with E-state index in [1.165, 1.54) is 67.4 Å². The first-order chi connectivity index (χ1) is 15.2. The smallest absolute Gasteiger partial charge is 0.255 e. The molecule has 1 N–H and O–H groups in total. The molecule has 1 aromatic heterocycles. The number of unbranched alkanes of at least 4 members (excludes halogenated alkanes) is 2. The van der Waals surface area contributed by atoms with Gasteiger partial charge in [-0.15, -0.1) is 11.3 Å². The first-order valence-electron chi connectivity index (χ1n) is 11.2. The van der Waals surface area contributed by atoms with E-state index in [9.17, 15) is 4.79 Å². The van der Waals surface area contributed by atoms with Crippen molar-refractivity contribution < 1.29 is 4.79 Å². The quantitative estimate of drug-likeness (QED) is 0.441. The molecule has 160 valence electrons. The molecule has 2 heterocycles. The van der Waals surface area contributed by atoms with Gasteiger partial charge >= 0.3 is 0 Å². The zero-order valence-electron chi connectivity index (χ0n) is 18.1. The van der Waals surface area contributed by atoms with Crippen LogP contribution in [-0.4, -0.2) is 30.4 Å². The van der Waals surface area contributed by atoms with Crippen molar-refractivity contribution in [2.24, 2.45) is 0 Å². The van der Waals surface area contributed by atoms with Crippen LogP contribution in [0.3, 0.4) is 0 Å². The lowest BCUT2D eigenvalue weighted by Gasteiger charge is -2.32. The van der Waals surface area contributed by atoms with Gasteiger partial charge in [-0.25, -0.2) is 0 Å². The summed E-state index contributed by atoms with van der Waals surface area (Å²) in [4.78, 5) is 15.3. The fourth-order valence-corrected chi connectivity index (χ4v) is 5.45. The summed E-state index contributed by atoms with van der Waals surface area (Å²) >= 11 is 1.79. The van der Waals surface area contributed by atoms with Crippen molar-refractivity contribution >= 4 is 33.0 Å². The molecule has 2 aromatic carbocycles. The topological polar surface area (TPSA) is 56.1 Å². The summed E-state index contributed by atoms with van der Waals surface area (Å²) in [5, 5.41) is 15.6. The number of amides is 1. The molecule has 3 aromatic rings. The van der Waals surface area contributed by atoms with Gasteiger partial charge in [0.15, 0.2) is 0 Å². The number of nitrogens with one attached hydrogen (secondary N) is 1. The molecule has 31 heavy (non-hydrogen) atoms. The molecule has 0 radical (unpaired) electrons. The monoisotopic (exact) mass is 431 g/mol. The summed E-state index contributed by atoms with van der Waals surface area (Å²) in [7, 11) is 0. The van der Waals surface area contributed by atoms with Crippen LogP contribution in [0, 0.1) is 11.3 Å². The number of thiophene rings is 1. The number of carbonyl (C=O) groups is 1. The van der Waals surface area contributed by atoms with Gasteiger partial charge in [-0.3, -0.25) is 4.79 Å². The molecule has 0 aliphatic carbocycles. The number of fused-ring (bicyclic) bond motifs is 1. The Morgan fingerprint density at radius 2 is 2.03 bits per heavy atom. The van der Waals surface area contributed by atoms with E-state index in [1.54, 1.807) is 35.6 Å². The molecule has 0 atom stereocenters. The Hall–Kier alpha value is -2.68. The fourth-order valence-electron chi connectivity index (χ4n) is 4.43. The van der Waals surface area contributed by atoms with Gasteiger partial charge in [-0.2, -0.15) is 5.26 Å². The van der Waals surface area contributed by atoms with Gasteiger partial charge in [0.05, 0.1) is 11.6 Å². The molecule has 4 nitrogen and oxygen atoms in total. The number of anilines is 1. The molecule has 0 saturated carbocycles. The van der Waals surface area contributed by atoms with Crippen molar-refractivity contribution in [3.05, 3.63) is 64.5 Å². The number of likely N-dealkylation sites (tertiary alicyclic amines) is 1. The second kappa shape index (κ2) is 10.1. The Kier molecular flexibility index (Phi) is 7.01. The van der Waals surface area contributed by atoms with Crippen LogP contribution in [0.4, 0.5) is 5.69 Å². The Morgan fingerprint density at radius 1 is 1.19 bits per heavy atom. The van der Waals surface area contributed by atoms with Crippen LogP contribution >= 0.6 is 11.3 Å². The molecule has 0 bridgehead atoms. The van der Waals surface area contributed by atoms with Gasteiger partial charge < -0.3 is 10.2 Å². The Labute approximate surface area is 188 Å². The summed E-state index contributed by atoms with van der Waals surface area (Å²) < 4.78 is 1.27. The second-order valence-corrected chi connectivity index (χ2v) is 9.28. The van der Waals surface area contributed by atoms with E-state index in [2.05, 4.69) is 40.7 Å². The summed E-state index contributed by atoms with van der Waals surface area (Å²) in [6, 6.07) is 15.1. The first kappa shape index (κ1) is 21.5. The zero-order valence-corrected chi connectivity index (χ0v) is 18.9. The number of rotatable bonds is 7. The Balaban J connectivity index is 1.46. The standard InChI is InChI=1S/C26H29N3OS/c1-2-3-4-12-29-13-10-20(11-14-29)24-18-31-25-9-8-22(16-23(24)25)28-26(30)21-7-5-6-19(15-21)17-27/h5-9,15-16,18,20H,2-4,10-14H2,1H3,(H,28,30). The molecule has 0 spiro atoms. The lowest BCUT2D eigenvalue weighted by atomic mass is 9.89. The zero-order chi connectivity index (χ0) is 21.6. The van der Waals surface area contributed by atoms with Crippen LogP contribution < -0.4 is 5.32 Å². The molecule has 1 saturated heterocycles. The minimum Gasteiger partial charge on any atom is -0.322 e. The van der Waals surface area contributed by atoms with Crippen molar-refractivity contribution in [2.45, 2.75) is 44.9 Å². The van der Waals surface area contributed by atoms with E-state index >= 15 is 0 Å². The molecular formula is C26H29N3OS. The summed E-state index contributed by atoms with van der Waals surface area (Å²) in [5.41, 5.74) is 3.22. The number of hydrogen-bond donors (Lipinski definition) is 1. The van der Waals surface area contributed by atoms with E-state index < -0.39 is 0 Å². The third-order valence-electron chi connectivity index (χ3n) is 6.22. The number of carbonyl (C=O) groups excluding carboxylic acids is 1. The number of benzene rings is 2. The molecule has 1 aliphatic rings. The second-order valence-electron chi connectivity index (χ2n) is 8.37. The number of nitriles is 1. The van der Waals surface area contributed by atoms with Gasteiger partial charge in [-0.1, -0.05) is 25.8 Å². The molecule has 1 fully saturated rings. The lowest BCUT2D eigenvalue weighted by Crippen LogP contribution is -2.33. The maximum absolute atomic E-state index is 12.7. The normalized spacial score (nSPS) is 15.1. The van der Waals surface area contributed by atoms with Crippen molar-refractivity contribution in [3.63, 3.8) is 0 Å². The van der Waals surface area contributed by atoms with Crippen molar-refractivity contribution in [1.29, 1.82) is 5.26 Å². The highest BCUT2D eigenvalue weighted by Gasteiger charge is 2.22. The Morgan fingerprint density at radius 3 is 2.81 bits per heavy atom. The summed E-state index contributed by atoms with van der Waals surface area (Å²) in [5.74, 6) is 0.406. The van der Waals surface area contributed by atoms with Crippen molar-refractivity contribution in [1.82, 2.24) is 4.90 Å². The highest BCUT2D eigenvalue weighted by molar-refractivity contribution is 7.17.